The molecule has 1 aromatic heterocycles. The van der Waals surface area contributed by atoms with Crippen LogP contribution in [0.2, 0.25) is 10.0 Å². The lowest BCUT2D eigenvalue weighted by Gasteiger charge is -1.97. The fraction of sp³-hybridized carbons (Fsp3) is 0. The first-order valence-electron chi connectivity index (χ1n) is 7.38. The van der Waals surface area contributed by atoms with Gasteiger partial charge in [0.1, 0.15) is 0 Å². The van der Waals surface area contributed by atoms with Gasteiger partial charge in [0.2, 0.25) is 0 Å². The standard InChI is InChI=1S/C20H14Cl2N2/c21-17-7-1-15(2-8-17)5-11-19-13-23-14-20(24-19)12-6-16-3-9-18(22)10-4-16/h1-14H/b11-5+,12-6+. The van der Waals surface area contributed by atoms with Crippen molar-refractivity contribution in [3.63, 3.8) is 0 Å². The fourth-order valence-electron chi connectivity index (χ4n) is 2.07. The summed E-state index contributed by atoms with van der Waals surface area (Å²) < 4.78 is 0. The van der Waals surface area contributed by atoms with Crippen molar-refractivity contribution in [2.24, 2.45) is 0 Å². The predicted octanol–water partition coefficient (Wildman–Crippen LogP) is 6.12. The van der Waals surface area contributed by atoms with E-state index in [-0.39, 0.29) is 0 Å². The van der Waals surface area contributed by atoms with Crippen LogP contribution in [-0.4, -0.2) is 9.97 Å². The molecule has 4 heteroatoms. The topological polar surface area (TPSA) is 25.8 Å². The van der Waals surface area contributed by atoms with E-state index >= 15 is 0 Å². The van der Waals surface area contributed by atoms with Crippen LogP contribution in [0.5, 0.6) is 0 Å². The highest BCUT2D eigenvalue weighted by molar-refractivity contribution is 6.30. The Labute approximate surface area is 151 Å². The number of hydrogen-bond acceptors (Lipinski definition) is 2. The van der Waals surface area contributed by atoms with Gasteiger partial charge in [-0.15, -0.1) is 0 Å². The molecule has 0 spiro atoms. The molecule has 24 heavy (non-hydrogen) atoms. The van der Waals surface area contributed by atoms with Gasteiger partial charge in [-0.3, -0.25) is 4.98 Å². The first-order chi connectivity index (χ1) is 11.7. The molecular formula is C20H14Cl2N2. The lowest BCUT2D eigenvalue weighted by molar-refractivity contribution is 1.16. The molecule has 3 rings (SSSR count). The minimum atomic E-state index is 0.723. The monoisotopic (exact) mass is 352 g/mol. The lowest BCUT2D eigenvalue weighted by atomic mass is 10.2. The van der Waals surface area contributed by atoms with Crippen molar-refractivity contribution in [3.05, 3.63) is 93.5 Å². The molecular weight excluding hydrogens is 339 g/mol. The van der Waals surface area contributed by atoms with Crippen LogP contribution in [0.3, 0.4) is 0 Å². The summed E-state index contributed by atoms with van der Waals surface area (Å²) in [4.78, 5) is 8.78. The molecule has 0 N–H and O–H groups in total. The summed E-state index contributed by atoms with van der Waals surface area (Å²) in [5.41, 5.74) is 3.71. The molecule has 0 saturated carbocycles. The first kappa shape index (κ1) is 16.4. The summed E-state index contributed by atoms with van der Waals surface area (Å²) in [7, 11) is 0. The molecule has 0 aliphatic carbocycles. The van der Waals surface area contributed by atoms with E-state index in [1.807, 2.05) is 72.8 Å². The maximum atomic E-state index is 5.88. The summed E-state index contributed by atoms with van der Waals surface area (Å²) in [6.45, 7) is 0. The van der Waals surface area contributed by atoms with E-state index in [2.05, 4.69) is 9.97 Å². The molecule has 0 aliphatic rings. The summed E-state index contributed by atoms with van der Waals surface area (Å²) in [6.07, 6.45) is 11.3. The smallest absolute Gasteiger partial charge is 0.0820 e. The Morgan fingerprint density at radius 2 is 1.00 bits per heavy atom. The second kappa shape index (κ2) is 7.91. The lowest BCUT2D eigenvalue weighted by Crippen LogP contribution is -1.87. The first-order valence-corrected chi connectivity index (χ1v) is 8.14. The predicted molar refractivity (Wildman–Crippen MR) is 103 cm³/mol. The van der Waals surface area contributed by atoms with Crippen molar-refractivity contribution in [1.29, 1.82) is 0 Å². The molecule has 0 bridgehead atoms. The van der Waals surface area contributed by atoms with Crippen molar-refractivity contribution in [3.8, 4) is 0 Å². The van der Waals surface area contributed by atoms with Gasteiger partial charge in [0, 0.05) is 10.0 Å². The van der Waals surface area contributed by atoms with E-state index < -0.39 is 0 Å². The van der Waals surface area contributed by atoms with Crippen LogP contribution in [0, 0.1) is 0 Å². The van der Waals surface area contributed by atoms with Crippen LogP contribution >= 0.6 is 23.2 Å². The van der Waals surface area contributed by atoms with Gasteiger partial charge in [-0.2, -0.15) is 0 Å². The molecule has 1 heterocycles. The Morgan fingerprint density at radius 3 is 1.42 bits per heavy atom. The maximum absolute atomic E-state index is 5.88. The molecule has 118 valence electrons. The number of hydrogen-bond donors (Lipinski definition) is 0. The molecule has 3 aromatic rings. The van der Waals surface area contributed by atoms with E-state index in [9.17, 15) is 0 Å². The largest absolute Gasteiger partial charge is 0.260 e. The van der Waals surface area contributed by atoms with Gasteiger partial charge in [-0.05, 0) is 47.5 Å². The number of rotatable bonds is 4. The SMILES string of the molecule is Clc1ccc(/C=C/c2cncc(/C=C/c3ccc(Cl)cc3)n2)cc1. The highest BCUT2D eigenvalue weighted by Crippen LogP contribution is 2.13. The van der Waals surface area contributed by atoms with Crippen LogP contribution in [0.25, 0.3) is 24.3 Å². The molecule has 0 unspecified atom stereocenters. The minimum Gasteiger partial charge on any atom is -0.260 e. The molecule has 0 amide bonds. The van der Waals surface area contributed by atoms with Crippen molar-refractivity contribution < 1.29 is 0 Å². The third kappa shape index (κ3) is 4.79. The molecule has 0 radical (unpaired) electrons. The zero-order valence-electron chi connectivity index (χ0n) is 12.7. The number of aromatic nitrogens is 2. The van der Waals surface area contributed by atoms with E-state index in [0.717, 1.165) is 32.6 Å². The Balaban J connectivity index is 1.74. The van der Waals surface area contributed by atoms with E-state index in [0.29, 0.717) is 0 Å². The zero-order chi connectivity index (χ0) is 16.8. The third-order valence-corrected chi connectivity index (χ3v) is 3.81. The van der Waals surface area contributed by atoms with E-state index in [1.165, 1.54) is 0 Å². The van der Waals surface area contributed by atoms with Crippen molar-refractivity contribution in [2.45, 2.75) is 0 Å². The normalized spacial score (nSPS) is 11.4. The molecule has 2 aromatic carbocycles. The van der Waals surface area contributed by atoms with Crippen molar-refractivity contribution in [1.82, 2.24) is 9.97 Å². The van der Waals surface area contributed by atoms with Crippen LogP contribution in [0.1, 0.15) is 22.5 Å². The highest BCUT2D eigenvalue weighted by atomic mass is 35.5. The van der Waals surface area contributed by atoms with Gasteiger partial charge >= 0.3 is 0 Å². The van der Waals surface area contributed by atoms with Crippen molar-refractivity contribution in [2.75, 3.05) is 0 Å². The number of nitrogens with zero attached hydrogens (tertiary/aromatic N) is 2. The molecule has 0 atom stereocenters. The Bertz CT molecular complexity index is 796. The van der Waals surface area contributed by atoms with Gasteiger partial charge < -0.3 is 0 Å². The van der Waals surface area contributed by atoms with Crippen LogP contribution in [-0.2, 0) is 0 Å². The molecule has 0 aliphatic heterocycles. The summed E-state index contributed by atoms with van der Waals surface area (Å²) in [5, 5.41) is 1.45. The quantitative estimate of drug-likeness (QED) is 0.564. The second-order valence-corrected chi connectivity index (χ2v) is 6.01. The average Bonchev–Trinajstić information content (AvgIpc) is 2.61. The van der Waals surface area contributed by atoms with Gasteiger partial charge in [-0.25, -0.2) is 4.98 Å². The third-order valence-electron chi connectivity index (χ3n) is 3.30. The molecule has 2 nitrogen and oxygen atoms in total. The Hall–Kier alpha value is -2.42. The van der Waals surface area contributed by atoms with Gasteiger partial charge in [-0.1, -0.05) is 59.6 Å². The number of benzene rings is 2. The van der Waals surface area contributed by atoms with Crippen molar-refractivity contribution >= 4 is 47.5 Å². The molecule has 0 fully saturated rings. The maximum Gasteiger partial charge on any atom is 0.0820 e. The van der Waals surface area contributed by atoms with Gasteiger partial charge in [0.25, 0.3) is 0 Å². The summed E-state index contributed by atoms with van der Waals surface area (Å²) in [5.74, 6) is 0. The average molecular weight is 353 g/mol. The van der Waals surface area contributed by atoms with Crippen LogP contribution < -0.4 is 0 Å². The second-order valence-electron chi connectivity index (χ2n) is 5.14. The number of halogens is 2. The zero-order valence-corrected chi connectivity index (χ0v) is 14.2. The minimum absolute atomic E-state index is 0.723. The fourth-order valence-corrected chi connectivity index (χ4v) is 2.32. The van der Waals surface area contributed by atoms with Crippen LogP contribution in [0.4, 0.5) is 0 Å². The summed E-state index contributed by atoms with van der Waals surface area (Å²) in [6, 6.07) is 15.3. The Morgan fingerprint density at radius 1 is 0.583 bits per heavy atom. The van der Waals surface area contributed by atoms with Crippen LogP contribution in [0.15, 0.2) is 60.9 Å². The summed E-state index contributed by atoms with van der Waals surface area (Å²) >= 11 is 11.8. The highest BCUT2D eigenvalue weighted by Gasteiger charge is 1.94. The Kier molecular flexibility index (Phi) is 5.42. The van der Waals surface area contributed by atoms with Gasteiger partial charge in [0.05, 0.1) is 23.8 Å². The van der Waals surface area contributed by atoms with E-state index in [1.54, 1.807) is 12.4 Å². The van der Waals surface area contributed by atoms with E-state index in [4.69, 9.17) is 23.2 Å². The molecule has 0 saturated heterocycles. The van der Waals surface area contributed by atoms with Gasteiger partial charge in [0.15, 0.2) is 0 Å².